The molecule has 0 atom stereocenters. The molecule has 0 radical (unpaired) electrons. The van der Waals surface area contributed by atoms with Crippen molar-refractivity contribution < 1.29 is 9.90 Å². The minimum absolute atomic E-state index is 0.341. The van der Waals surface area contributed by atoms with Crippen molar-refractivity contribution in [1.29, 1.82) is 0 Å². The third-order valence-corrected chi connectivity index (χ3v) is 2.75. The van der Waals surface area contributed by atoms with E-state index in [4.69, 9.17) is 5.11 Å². The number of rotatable bonds is 4. The molecule has 0 aliphatic heterocycles. The van der Waals surface area contributed by atoms with Crippen molar-refractivity contribution in [2.24, 2.45) is 0 Å². The number of hydrogen-bond donors (Lipinski definition) is 1. The summed E-state index contributed by atoms with van der Waals surface area (Å²) >= 11 is 0. The minimum atomic E-state index is -0.875. The van der Waals surface area contributed by atoms with Gasteiger partial charge in [-0.15, -0.1) is 0 Å². The van der Waals surface area contributed by atoms with Crippen LogP contribution in [0.3, 0.4) is 0 Å². The second-order valence-corrected chi connectivity index (χ2v) is 3.99. The highest BCUT2D eigenvalue weighted by molar-refractivity contribution is 5.87. The lowest BCUT2D eigenvalue weighted by Gasteiger charge is -2.02. The van der Waals surface area contributed by atoms with Crippen LogP contribution in [0, 0.1) is 0 Å². The van der Waals surface area contributed by atoms with Gasteiger partial charge in [0.15, 0.2) is 0 Å². The van der Waals surface area contributed by atoms with Gasteiger partial charge in [0.2, 0.25) is 0 Å². The van der Waals surface area contributed by atoms with Crippen LogP contribution in [0.25, 0.3) is 0 Å². The molecule has 2 rings (SSSR count). The molecule has 0 aliphatic carbocycles. The summed E-state index contributed by atoms with van der Waals surface area (Å²) < 4.78 is 0. The van der Waals surface area contributed by atoms with Gasteiger partial charge < -0.3 is 5.11 Å². The van der Waals surface area contributed by atoms with Gasteiger partial charge in [-0.05, 0) is 36.1 Å². The molecule has 2 aromatic rings. The van der Waals surface area contributed by atoms with Gasteiger partial charge in [0.25, 0.3) is 0 Å². The summed E-state index contributed by atoms with van der Waals surface area (Å²) in [5, 5.41) is 8.78. The first-order valence-corrected chi connectivity index (χ1v) is 5.62. The van der Waals surface area contributed by atoms with E-state index in [2.05, 4.69) is 12.1 Å². The summed E-state index contributed by atoms with van der Waals surface area (Å²) in [5.74, 6) is -0.875. The van der Waals surface area contributed by atoms with Gasteiger partial charge in [0, 0.05) is 0 Å². The summed E-state index contributed by atoms with van der Waals surface area (Å²) in [4.78, 5) is 10.7. The molecule has 0 saturated heterocycles. The Kier molecular flexibility index (Phi) is 3.55. The van der Waals surface area contributed by atoms with Crippen LogP contribution in [0.4, 0.5) is 0 Å². The zero-order valence-electron chi connectivity index (χ0n) is 9.47. The summed E-state index contributed by atoms with van der Waals surface area (Å²) in [6.07, 6.45) is 1.91. The van der Waals surface area contributed by atoms with Crippen molar-refractivity contribution in [3.8, 4) is 0 Å². The van der Waals surface area contributed by atoms with Gasteiger partial charge in [0.1, 0.15) is 0 Å². The quantitative estimate of drug-likeness (QED) is 0.872. The Bertz CT molecular complexity index is 486. The van der Waals surface area contributed by atoms with Gasteiger partial charge in [-0.3, -0.25) is 0 Å². The molecule has 0 spiro atoms. The van der Waals surface area contributed by atoms with E-state index in [1.54, 1.807) is 12.1 Å². The van der Waals surface area contributed by atoms with E-state index in [0.717, 1.165) is 12.8 Å². The first kappa shape index (κ1) is 11.4. The average Bonchev–Trinajstić information content (AvgIpc) is 2.38. The smallest absolute Gasteiger partial charge is 0.335 e. The Balaban J connectivity index is 1.98. The molecule has 2 heteroatoms. The van der Waals surface area contributed by atoms with E-state index >= 15 is 0 Å². The van der Waals surface area contributed by atoms with Gasteiger partial charge in [0.05, 0.1) is 5.56 Å². The monoisotopic (exact) mass is 228 g/mol. The van der Waals surface area contributed by atoms with Crippen LogP contribution >= 0.6 is 0 Å². The van der Waals surface area contributed by atoms with Crippen LogP contribution in [-0.2, 0) is 12.8 Å². The van der Waals surface area contributed by atoms with E-state index in [-0.39, 0.29) is 0 Å². The predicted octanol–water partition coefficient (Wildman–Crippen LogP) is 3.17. The molecule has 0 aliphatic rings. The minimum Gasteiger partial charge on any atom is -0.478 e. The number of benzene rings is 2. The highest BCUT2D eigenvalue weighted by Crippen LogP contribution is 2.09. The second-order valence-electron chi connectivity index (χ2n) is 3.99. The van der Waals surface area contributed by atoms with E-state index in [9.17, 15) is 4.79 Å². The molecule has 17 heavy (non-hydrogen) atoms. The normalized spacial score (nSPS) is 10.1. The Labute approximate surface area is 101 Å². The fourth-order valence-corrected chi connectivity index (χ4v) is 1.75. The topological polar surface area (TPSA) is 37.3 Å². The molecular formula is C15H14O2. The molecular weight excluding hydrogens is 214 g/mol. The van der Waals surface area contributed by atoms with E-state index in [1.807, 2.05) is 30.3 Å². The highest BCUT2D eigenvalue weighted by Gasteiger charge is 2.01. The SMILES string of the molecule is O=[14C](O)c1ccc(CCc2ccccc2)cc1. The summed E-state index contributed by atoms with van der Waals surface area (Å²) in [6, 6.07) is 17.3. The number of aromatic carboxylic acids is 1. The van der Waals surface area contributed by atoms with Crippen LogP contribution in [0.5, 0.6) is 0 Å². The number of hydrogen-bond acceptors (Lipinski definition) is 1. The summed E-state index contributed by atoms with van der Waals surface area (Å²) in [6.45, 7) is 0. The number of carbonyl (C=O) groups is 1. The van der Waals surface area contributed by atoms with Crippen LogP contribution in [0.15, 0.2) is 54.6 Å². The Morgan fingerprint density at radius 3 is 1.88 bits per heavy atom. The van der Waals surface area contributed by atoms with Gasteiger partial charge >= 0.3 is 5.97 Å². The maximum atomic E-state index is 10.7. The van der Waals surface area contributed by atoms with Gasteiger partial charge in [-0.1, -0.05) is 42.5 Å². The first-order chi connectivity index (χ1) is 8.25. The lowest BCUT2D eigenvalue weighted by Crippen LogP contribution is -1.97. The second kappa shape index (κ2) is 5.30. The number of carboxylic acid groups (broad SMARTS) is 1. The molecule has 0 unspecified atom stereocenters. The maximum Gasteiger partial charge on any atom is 0.335 e. The summed E-state index contributed by atoms with van der Waals surface area (Å²) in [7, 11) is 0. The van der Waals surface area contributed by atoms with Crippen molar-refractivity contribution in [3.05, 3.63) is 71.3 Å². The molecule has 0 bridgehead atoms. The lowest BCUT2D eigenvalue weighted by molar-refractivity contribution is 0.0697. The van der Waals surface area contributed by atoms with Crippen LogP contribution in [0.2, 0.25) is 0 Å². The summed E-state index contributed by atoms with van der Waals surface area (Å²) in [5.41, 5.74) is 2.81. The fourth-order valence-electron chi connectivity index (χ4n) is 1.75. The molecule has 2 aromatic carbocycles. The van der Waals surface area contributed by atoms with Crippen molar-refractivity contribution in [3.63, 3.8) is 0 Å². The van der Waals surface area contributed by atoms with Crippen molar-refractivity contribution in [1.82, 2.24) is 0 Å². The van der Waals surface area contributed by atoms with Crippen LogP contribution in [0.1, 0.15) is 21.5 Å². The molecule has 1 N–H and O–H groups in total. The number of carboxylic acids is 1. The molecule has 0 fully saturated rings. The molecule has 86 valence electrons. The average molecular weight is 228 g/mol. The Hall–Kier alpha value is -2.09. The van der Waals surface area contributed by atoms with Crippen molar-refractivity contribution in [2.75, 3.05) is 0 Å². The zero-order chi connectivity index (χ0) is 12.1. The fraction of sp³-hybridized carbons (Fsp3) is 0.133. The molecule has 2 nitrogen and oxygen atoms in total. The molecule has 0 heterocycles. The first-order valence-electron chi connectivity index (χ1n) is 5.62. The third-order valence-electron chi connectivity index (χ3n) is 2.75. The number of aryl methyl sites for hydroxylation is 2. The lowest BCUT2D eigenvalue weighted by atomic mass is 10.0. The largest absolute Gasteiger partial charge is 0.478 e. The maximum absolute atomic E-state index is 10.7. The van der Waals surface area contributed by atoms with E-state index < -0.39 is 5.97 Å². The van der Waals surface area contributed by atoms with Crippen LogP contribution < -0.4 is 0 Å². The molecule has 0 aromatic heterocycles. The molecule has 0 saturated carbocycles. The van der Waals surface area contributed by atoms with Crippen molar-refractivity contribution in [2.45, 2.75) is 12.8 Å². The van der Waals surface area contributed by atoms with Gasteiger partial charge in [-0.2, -0.15) is 0 Å². The zero-order valence-corrected chi connectivity index (χ0v) is 9.47. The van der Waals surface area contributed by atoms with E-state index in [0.29, 0.717) is 5.56 Å². The predicted molar refractivity (Wildman–Crippen MR) is 67.3 cm³/mol. The Morgan fingerprint density at radius 1 is 0.824 bits per heavy atom. The van der Waals surface area contributed by atoms with Crippen molar-refractivity contribution >= 4 is 5.97 Å². The molecule has 0 amide bonds. The Morgan fingerprint density at radius 2 is 1.35 bits per heavy atom. The van der Waals surface area contributed by atoms with Gasteiger partial charge in [-0.25, -0.2) is 4.79 Å². The van der Waals surface area contributed by atoms with E-state index in [1.165, 1.54) is 11.1 Å². The standard InChI is InChI=1S/C15H14O2/c16-15(17)14-10-8-13(9-11-14)7-6-12-4-2-1-3-5-12/h1-5,8-11H,6-7H2,(H,16,17)/i15+2. The van der Waals surface area contributed by atoms with Crippen LogP contribution in [-0.4, -0.2) is 11.1 Å². The third kappa shape index (κ3) is 3.18. The highest BCUT2D eigenvalue weighted by atomic mass is 16.6.